The zero-order chi connectivity index (χ0) is 15.3. The van der Waals surface area contributed by atoms with Crippen LogP contribution in [0.5, 0.6) is 0 Å². The van der Waals surface area contributed by atoms with Gasteiger partial charge in [0.05, 0.1) is 4.90 Å². The maximum atomic E-state index is 13.4. The van der Waals surface area contributed by atoms with Crippen LogP contribution in [0.3, 0.4) is 0 Å². The van der Waals surface area contributed by atoms with Crippen molar-refractivity contribution in [1.82, 2.24) is 4.31 Å². The summed E-state index contributed by atoms with van der Waals surface area (Å²) >= 11 is 1.67. The number of rotatable bonds is 7. The molecule has 0 saturated carbocycles. The molecule has 4 nitrogen and oxygen atoms in total. The van der Waals surface area contributed by atoms with Crippen molar-refractivity contribution in [2.45, 2.75) is 30.8 Å². The van der Waals surface area contributed by atoms with Gasteiger partial charge in [-0.2, -0.15) is 16.1 Å². The summed E-state index contributed by atoms with van der Waals surface area (Å²) in [4.78, 5) is 0.0813. The summed E-state index contributed by atoms with van der Waals surface area (Å²) in [6.07, 6.45) is 2.75. The monoisotopic (exact) mass is 320 g/mol. The Balaban J connectivity index is 3.03. The summed E-state index contributed by atoms with van der Waals surface area (Å²) in [6, 6.07) is 3.62. The predicted molar refractivity (Wildman–Crippen MR) is 81.7 cm³/mol. The van der Waals surface area contributed by atoms with Gasteiger partial charge in [0, 0.05) is 25.2 Å². The standard InChI is InChI=1S/C13H21FN2O2S2/c1-10(6-7-19-3)16(2)20(17,18)12-4-5-13(14)11(8-12)9-15/h4-5,8,10H,6-7,9,15H2,1-3H3. The van der Waals surface area contributed by atoms with Crippen molar-refractivity contribution in [2.75, 3.05) is 19.1 Å². The molecule has 0 spiro atoms. The van der Waals surface area contributed by atoms with Crippen LogP contribution in [0.25, 0.3) is 0 Å². The summed E-state index contributed by atoms with van der Waals surface area (Å²) < 4.78 is 39.7. The molecule has 0 fully saturated rings. The van der Waals surface area contributed by atoms with Crippen molar-refractivity contribution < 1.29 is 12.8 Å². The zero-order valence-corrected chi connectivity index (χ0v) is 13.6. The largest absolute Gasteiger partial charge is 0.326 e. The highest BCUT2D eigenvalue weighted by Gasteiger charge is 2.25. The van der Waals surface area contributed by atoms with E-state index in [9.17, 15) is 12.8 Å². The van der Waals surface area contributed by atoms with Crippen LogP contribution in [0.4, 0.5) is 4.39 Å². The van der Waals surface area contributed by atoms with Crippen LogP contribution in [0, 0.1) is 5.82 Å². The van der Waals surface area contributed by atoms with Crippen molar-refractivity contribution >= 4 is 21.8 Å². The van der Waals surface area contributed by atoms with Gasteiger partial charge in [-0.15, -0.1) is 0 Å². The minimum absolute atomic E-state index is 0.0268. The van der Waals surface area contributed by atoms with Crippen molar-refractivity contribution in [3.05, 3.63) is 29.6 Å². The van der Waals surface area contributed by atoms with Gasteiger partial charge in [0.15, 0.2) is 0 Å². The van der Waals surface area contributed by atoms with Gasteiger partial charge in [0.25, 0.3) is 0 Å². The van der Waals surface area contributed by atoms with Crippen molar-refractivity contribution in [1.29, 1.82) is 0 Å². The van der Waals surface area contributed by atoms with Crippen LogP contribution in [0.2, 0.25) is 0 Å². The molecule has 1 unspecified atom stereocenters. The zero-order valence-electron chi connectivity index (χ0n) is 12.0. The Kier molecular flexibility index (Phi) is 6.44. The van der Waals surface area contributed by atoms with E-state index in [4.69, 9.17) is 5.73 Å². The first kappa shape index (κ1) is 17.4. The molecule has 0 aliphatic heterocycles. The van der Waals surface area contributed by atoms with Gasteiger partial charge in [0.2, 0.25) is 10.0 Å². The van der Waals surface area contributed by atoms with Crippen LogP contribution in [-0.4, -0.2) is 37.8 Å². The highest BCUT2D eigenvalue weighted by Crippen LogP contribution is 2.21. The third-order valence-electron chi connectivity index (χ3n) is 3.27. The fraction of sp³-hybridized carbons (Fsp3) is 0.538. The molecule has 1 aromatic carbocycles. The molecular weight excluding hydrogens is 299 g/mol. The molecule has 2 N–H and O–H groups in total. The van der Waals surface area contributed by atoms with Crippen molar-refractivity contribution in [2.24, 2.45) is 5.73 Å². The summed E-state index contributed by atoms with van der Waals surface area (Å²) in [6.45, 7) is 1.84. The highest BCUT2D eigenvalue weighted by atomic mass is 32.2. The second-order valence-electron chi connectivity index (χ2n) is 4.61. The molecule has 1 rings (SSSR count). The smallest absolute Gasteiger partial charge is 0.243 e. The van der Waals surface area contributed by atoms with E-state index >= 15 is 0 Å². The predicted octanol–water partition coefficient (Wildman–Crippen LogP) is 2.05. The molecule has 0 aliphatic rings. The van der Waals surface area contributed by atoms with Gasteiger partial charge >= 0.3 is 0 Å². The first-order valence-corrected chi connectivity index (χ1v) is 9.13. The summed E-state index contributed by atoms with van der Waals surface area (Å²) in [5.74, 6) is 0.405. The number of hydrogen-bond acceptors (Lipinski definition) is 4. The number of nitrogens with two attached hydrogens (primary N) is 1. The number of thioether (sulfide) groups is 1. The van der Waals surface area contributed by atoms with Crippen molar-refractivity contribution in [3.63, 3.8) is 0 Å². The van der Waals surface area contributed by atoms with E-state index in [0.29, 0.717) is 0 Å². The lowest BCUT2D eigenvalue weighted by Gasteiger charge is -2.24. The lowest BCUT2D eigenvalue weighted by molar-refractivity contribution is 0.382. The van der Waals surface area contributed by atoms with Gasteiger partial charge in [-0.1, -0.05) is 0 Å². The molecule has 0 saturated heterocycles. The molecule has 1 atom stereocenters. The Hall–Kier alpha value is -0.630. The number of nitrogens with zero attached hydrogens (tertiary/aromatic N) is 1. The Morgan fingerprint density at radius 1 is 1.45 bits per heavy atom. The first-order chi connectivity index (χ1) is 9.34. The molecule has 0 amide bonds. The van der Waals surface area contributed by atoms with Gasteiger partial charge in [-0.05, 0) is 43.6 Å². The van der Waals surface area contributed by atoms with Crippen LogP contribution in [0.15, 0.2) is 23.1 Å². The lowest BCUT2D eigenvalue weighted by atomic mass is 10.2. The Bertz CT molecular complexity index is 549. The number of benzene rings is 1. The van der Waals surface area contributed by atoms with E-state index in [1.807, 2.05) is 13.2 Å². The topological polar surface area (TPSA) is 63.4 Å². The third-order valence-corrected chi connectivity index (χ3v) is 5.89. The minimum Gasteiger partial charge on any atom is -0.326 e. The Morgan fingerprint density at radius 3 is 2.65 bits per heavy atom. The van der Waals surface area contributed by atoms with Gasteiger partial charge in [-0.25, -0.2) is 12.8 Å². The average molecular weight is 320 g/mol. The van der Waals surface area contributed by atoms with Crippen LogP contribution in [-0.2, 0) is 16.6 Å². The number of hydrogen-bond donors (Lipinski definition) is 1. The van der Waals surface area contributed by atoms with Gasteiger partial charge in [0.1, 0.15) is 5.82 Å². The lowest BCUT2D eigenvalue weighted by Crippen LogP contribution is -2.35. The van der Waals surface area contributed by atoms with E-state index in [2.05, 4.69) is 0 Å². The second kappa shape index (κ2) is 7.40. The van der Waals surface area contributed by atoms with E-state index in [-0.39, 0.29) is 23.0 Å². The number of halogens is 1. The van der Waals surface area contributed by atoms with Crippen LogP contribution in [0.1, 0.15) is 18.9 Å². The Labute approximate surface area is 124 Å². The molecule has 114 valence electrons. The summed E-state index contributed by atoms with van der Waals surface area (Å²) in [5, 5.41) is 0. The van der Waals surface area contributed by atoms with Gasteiger partial charge in [-0.3, -0.25) is 0 Å². The minimum atomic E-state index is -3.62. The number of sulfonamides is 1. The molecule has 20 heavy (non-hydrogen) atoms. The van der Waals surface area contributed by atoms with E-state index in [1.165, 1.54) is 16.4 Å². The second-order valence-corrected chi connectivity index (χ2v) is 7.59. The molecule has 0 heterocycles. The van der Waals surface area contributed by atoms with Crippen LogP contribution >= 0.6 is 11.8 Å². The SMILES string of the molecule is CSCCC(C)N(C)S(=O)(=O)c1ccc(F)c(CN)c1. The highest BCUT2D eigenvalue weighted by molar-refractivity contribution is 7.98. The molecule has 1 aromatic rings. The fourth-order valence-corrected chi connectivity index (χ4v) is 3.76. The maximum absolute atomic E-state index is 13.4. The summed E-state index contributed by atoms with van der Waals surface area (Å²) in [7, 11) is -2.07. The Morgan fingerprint density at radius 2 is 2.10 bits per heavy atom. The molecule has 0 aromatic heterocycles. The molecular formula is C13H21FN2O2S2. The van der Waals surface area contributed by atoms with Gasteiger partial charge < -0.3 is 5.73 Å². The summed E-state index contributed by atoms with van der Waals surface area (Å²) in [5.41, 5.74) is 5.62. The molecule has 0 aliphatic carbocycles. The first-order valence-electron chi connectivity index (χ1n) is 6.30. The third kappa shape index (κ3) is 3.94. The van der Waals surface area contributed by atoms with E-state index < -0.39 is 15.8 Å². The maximum Gasteiger partial charge on any atom is 0.243 e. The van der Waals surface area contributed by atoms with E-state index in [0.717, 1.165) is 18.2 Å². The average Bonchev–Trinajstić information content (AvgIpc) is 2.44. The normalized spacial score (nSPS) is 13.7. The molecule has 7 heteroatoms. The quantitative estimate of drug-likeness (QED) is 0.835. The van der Waals surface area contributed by atoms with Crippen LogP contribution < -0.4 is 5.73 Å². The fourth-order valence-electron chi connectivity index (χ4n) is 1.74. The molecule has 0 radical (unpaired) electrons. The molecule has 0 bridgehead atoms. The van der Waals surface area contributed by atoms with E-state index in [1.54, 1.807) is 18.8 Å². The van der Waals surface area contributed by atoms with Crippen molar-refractivity contribution in [3.8, 4) is 0 Å².